The van der Waals surface area contributed by atoms with E-state index in [-0.39, 0.29) is 11.5 Å². The maximum atomic E-state index is 11.7. The van der Waals surface area contributed by atoms with Gasteiger partial charge in [0.2, 0.25) is 0 Å². The molecule has 2 aromatic rings. The number of pyridine rings is 1. The van der Waals surface area contributed by atoms with Crippen LogP contribution >= 0.6 is 0 Å². The Morgan fingerprint density at radius 3 is 3.06 bits per heavy atom. The smallest absolute Gasteiger partial charge is 0.251 e. The number of amides is 1. The van der Waals surface area contributed by atoms with Gasteiger partial charge >= 0.3 is 0 Å². The zero-order chi connectivity index (χ0) is 12.3. The summed E-state index contributed by atoms with van der Waals surface area (Å²) in [6.45, 7) is 0.355. The number of hydrogen-bond acceptors (Lipinski definition) is 3. The topological polar surface area (TPSA) is 79.8 Å². The normalized spacial score (nSPS) is 10.2. The summed E-state index contributed by atoms with van der Waals surface area (Å²) in [4.78, 5) is 29.8. The molecule has 0 aliphatic rings. The van der Waals surface area contributed by atoms with Crippen LogP contribution in [0.5, 0.6) is 0 Å². The molecule has 0 aliphatic heterocycles. The molecule has 0 radical (unpaired) electrons. The van der Waals surface area contributed by atoms with Crippen molar-refractivity contribution in [2.24, 2.45) is 7.05 Å². The summed E-state index contributed by atoms with van der Waals surface area (Å²) in [5.41, 5.74) is 0.953. The van der Waals surface area contributed by atoms with E-state index in [1.165, 1.54) is 10.6 Å². The molecule has 0 fully saturated rings. The highest BCUT2D eigenvalue weighted by Crippen LogP contribution is 1.96. The number of H-pyrrole nitrogens is 1. The molecule has 2 rings (SSSR count). The Bertz CT molecular complexity index is 571. The third-order valence-corrected chi connectivity index (χ3v) is 2.36. The number of carbonyl (C=O) groups excluding carboxylic acids is 1. The molecule has 0 aliphatic carbocycles. The average Bonchev–Trinajstić information content (AvgIpc) is 2.82. The van der Waals surface area contributed by atoms with Gasteiger partial charge in [0.25, 0.3) is 11.5 Å². The standard InChI is InChI=1S/C11H12N4O2/c1-15-3-2-8(4-10(15)16)11(17)13-6-9-5-12-7-14-9/h2-5,7H,6H2,1H3,(H,12,14)(H,13,17). The number of hydrogen-bond donors (Lipinski definition) is 2. The zero-order valence-electron chi connectivity index (χ0n) is 9.30. The summed E-state index contributed by atoms with van der Waals surface area (Å²) in [5, 5.41) is 2.69. The minimum atomic E-state index is -0.280. The first-order valence-corrected chi connectivity index (χ1v) is 5.09. The van der Waals surface area contributed by atoms with E-state index in [2.05, 4.69) is 15.3 Å². The van der Waals surface area contributed by atoms with Crippen molar-refractivity contribution in [1.29, 1.82) is 0 Å². The van der Waals surface area contributed by atoms with E-state index in [0.29, 0.717) is 12.1 Å². The van der Waals surface area contributed by atoms with Gasteiger partial charge in [-0.15, -0.1) is 0 Å². The molecular weight excluding hydrogens is 220 g/mol. The summed E-state index contributed by atoms with van der Waals surface area (Å²) in [6, 6.07) is 2.91. The second-order valence-electron chi connectivity index (χ2n) is 3.62. The van der Waals surface area contributed by atoms with E-state index in [1.807, 2.05) is 0 Å². The minimum Gasteiger partial charge on any atom is -0.347 e. The first kappa shape index (κ1) is 11.1. The number of aromatic amines is 1. The monoisotopic (exact) mass is 232 g/mol. The van der Waals surface area contributed by atoms with E-state index in [9.17, 15) is 9.59 Å². The van der Waals surface area contributed by atoms with Crippen molar-refractivity contribution >= 4 is 5.91 Å². The molecule has 1 amide bonds. The second-order valence-corrected chi connectivity index (χ2v) is 3.62. The predicted octanol–water partition coefficient (Wildman–Crippen LogP) is 0.0384. The van der Waals surface area contributed by atoms with Gasteiger partial charge in [0.05, 0.1) is 18.6 Å². The van der Waals surface area contributed by atoms with E-state index >= 15 is 0 Å². The number of aromatic nitrogens is 3. The van der Waals surface area contributed by atoms with Gasteiger partial charge in [-0.25, -0.2) is 4.98 Å². The Labute approximate surface area is 97.3 Å². The largest absolute Gasteiger partial charge is 0.347 e. The first-order valence-electron chi connectivity index (χ1n) is 5.09. The molecule has 17 heavy (non-hydrogen) atoms. The molecular formula is C11H12N4O2. The highest BCUT2D eigenvalue weighted by atomic mass is 16.2. The molecule has 2 aromatic heterocycles. The van der Waals surface area contributed by atoms with Crippen LogP contribution in [0.1, 0.15) is 16.1 Å². The third-order valence-electron chi connectivity index (χ3n) is 2.36. The van der Waals surface area contributed by atoms with Gasteiger partial charge in [0.15, 0.2) is 0 Å². The van der Waals surface area contributed by atoms with Crippen LogP contribution in [0, 0.1) is 0 Å². The molecule has 0 bridgehead atoms. The van der Waals surface area contributed by atoms with Crippen LogP contribution in [-0.2, 0) is 13.6 Å². The minimum absolute atomic E-state index is 0.209. The van der Waals surface area contributed by atoms with Crippen molar-refractivity contribution in [3.05, 3.63) is 52.5 Å². The first-order chi connectivity index (χ1) is 8.16. The lowest BCUT2D eigenvalue weighted by Crippen LogP contribution is -2.25. The van der Waals surface area contributed by atoms with Crippen LogP contribution in [-0.4, -0.2) is 20.4 Å². The lowest BCUT2D eigenvalue weighted by molar-refractivity contribution is 0.0950. The lowest BCUT2D eigenvalue weighted by atomic mass is 10.2. The van der Waals surface area contributed by atoms with Crippen LogP contribution in [0.3, 0.4) is 0 Å². The fourth-order valence-corrected chi connectivity index (χ4v) is 1.35. The Balaban J connectivity index is 2.04. The van der Waals surface area contributed by atoms with Gasteiger partial charge < -0.3 is 14.9 Å². The summed E-state index contributed by atoms with van der Waals surface area (Å²) in [6.07, 6.45) is 4.73. The Kier molecular flexibility index (Phi) is 3.04. The number of carbonyl (C=O) groups is 1. The van der Waals surface area contributed by atoms with Crippen molar-refractivity contribution in [1.82, 2.24) is 19.9 Å². The quantitative estimate of drug-likeness (QED) is 0.784. The van der Waals surface area contributed by atoms with E-state index in [0.717, 1.165) is 5.69 Å². The summed E-state index contributed by atoms with van der Waals surface area (Å²) in [7, 11) is 1.63. The average molecular weight is 232 g/mol. The second kappa shape index (κ2) is 4.65. The van der Waals surface area contributed by atoms with Gasteiger partial charge in [-0.1, -0.05) is 0 Å². The van der Waals surface area contributed by atoms with E-state index in [1.54, 1.807) is 31.8 Å². The van der Waals surface area contributed by atoms with Crippen LogP contribution in [0.2, 0.25) is 0 Å². The van der Waals surface area contributed by atoms with Crippen LogP contribution in [0.4, 0.5) is 0 Å². The molecule has 6 nitrogen and oxygen atoms in total. The highest BCUT2D eigenvalue weighted by molar-refractivity contribution is 5.93. The molecule has 0 spiro atoms. The Morgan fingerprint density at radius 1 is 1.59 bits per heavy atom. The molecule has 6 heteroatoms. The molecule has 0 saturated carbocycles. The Morgan fingerprint density at radius 2 is 2.41 bits per heavy atom. The maximum absolute atomic E-state index is 11.7. The summed E-state index contributed by atoms with van der Waals surface area (Å²) < 4.78 is 1.41. The molecule has 0 aromatic carbocycles. The molecule has 0 atom stereocenters. The number of aryl methyl sites for hydroxylation is 1. The number of nitrogens with zero attached hydrogens (tertiary/aromatic N) is 2. The van der Waals surface area contributed by atoms with Gasteiger partial charge in [0.1, 0.15) is 0 Å². The SMILES string of the molecule is Cn1ccc(C(=O)NCc2cnc[nH]2)cc1=O. The highest BCUT2D eigenvalue weighted by Gasteiger charge is 2.06. The van der Waals surface area contributed by atoms with Crippen LogP contribution < -0.4 is 10.9 Å². The van der Waals surface area contributed by atoms with Crippen LogP contribution in [0.25, 0.3) is 0 Å². The molecule has 2 N–H and O–H groups in total. The lowest BCUT2D eigenvalue weighted by Gasteiger charge is -2.04. The van der Waals surface area contributed by atoms with Gasteiger partial charge in [-0.2, -0.15) is 0 Å². The number of rotatable bonds is 3. The maximum Gasteiger partial charge on any atom is 0.251 e. The Hall–Kier alpha value is -2.37. The fourth-order valence-electron chi connectivity index (χ4n) is 1.35. The van der Waals surface area contributed by atoms with E-state index < -0.39 is 0 Å². The molecule has 0 unspecified atom stereocenters. The predicted molar refractivity (Wildman–Crippen MR) is 61.4 cm³/mol. The van der Waals surface area contributed by atoms with Crippen molar-refractivity contribution in [2.75, 3.05) is 0 Å². The molecule has 0 saturated heterocycles. The fraction of sp³-hybridized carbons (Fsp3) is 0.182. The third kappa shape index (κ3) is 2.60. The van der Waals surface area contributed by atoms with E-state index in [4.69, 9.17) is 0 Å². The molecule has 88 valence electrons. The van der Waals surface area contributed by atoms with Crippen molar-refractivity contribution in [2.45, 2.75) is 6.54 Å². The zero-order valence-corrected chi connectivity index (χ0v) is 9.30. The van der Waals surface area contributed by atoms with Crippen molar-refractivity contribution in [3.8, 4) is 0 Å². The van der Waals surface area contributed by atoms with Crippen LogP contribution in [0.15, 0.2) is 35.6 Å². The number of nitrogens with one attached hydrogen (secondary N) is 2. The summed E-state index contributed by atoms with van der Waals surface area (Å²) in [5.74, 6) is -0.280. The van der Waals surface area contributed by atoms with Crippen molar-refractivity contribution in [3.63, 3.8) is 0 Å². The van der Waals surface area contributed by atoms with Crippen molar-refractivity contribution < 1.29 is 4.79 Å². The van der Waals surface area contributed by atoms with Gasteiger partial charge in [0, 0.05) is 31.1 Å². The summed E-state index contributed by atoms with van der Waals surface area (Å²) >= 11 is 0. The molecule has 2 heterocycles. The van der Waals surface area contributed by atoms with Gasteiger partial charge in [-0.05, 0) is 6.07 Å². The van der Waals surface area contributed by atoms with Gasteiger partial charge in [-0.3, -0.25) is 9.59 Å². The number of imidazole rings is 1.